The van der Waals surface area contributed by atoms with Gasteiger partial charge in [0.2, 0.25) is 0 Å². The van der Waals surface area contributed by atoms with Gasteiger partial charge in [-0.05, 0) is 32.6 Å². The second-order valence-corrected chi connectivity index (χ2v) is 7.30. The number of carbonyl (C=O) groups excluding carboxylic acids is 1. The Morgan fingerprint density at radius 3 is 3.04 bits per heavy atom. The summed E-state index contributed by atoms with van der Waals surface area (Å²) in [5.41, 5.74) is 1.79. The maximum Gasteiger partial charge on any atom is 0.272 e. The van der Waals surface area contributed by atoms with E-state index in [0.717, 1.165) is 24.1 Å². The number of fused-ring (bicyclic) bond motifs is 3. The zero-order valence-corrected chi connectivity index (χ0v) is 14.0. The van der Waals surface area contributed by atoms with Crippen molar-refractivity contribution in [2.45, 2.75) is 38.1 Å². The quantitative estimate of drug-likeness (QED) is 0.847. The van der Waals surface area contributed by atoms with Gasteiger partial charge in [0.15, 0.2) is 17.2 Å². The highest BCUT2D eigenvalue weighted by molar-refractivity contribution is 5.95. The molecule has 4 rings (SSSR count). The number of carbonyl (C=O) groups is 1. The molecule has 0 radical (unpaired) electrons. The molecule has 0 spiro atoms. The van der Waals surface area contributed by atoms with Gasteiger partial charge in [-0.3, -0.25) is 9.78 Å². The van der Waals surface area contributed by atoms with Crippen molar-refractivity contribution in [3.05, 3.63) is 35.0 Å². The first-order valence-corrected chi connectivity index (χ1v) is 8.21. The van der Waals surface area contributed by atoms with Crippen LogP contribution in [0, 0.1) is 17.2 Å². The molecule has 0 aliphatic heterocycles. The van der Waals surface area contributed by atoms with Crippen molar-refractivity contribution < 1.29 is 9.90 Å². The van der Waals surface area contributed by atoms with Crippen molar-refractivity contribution in [1.82, 2.24) is 25.1 Å². The molecule has 2 aliphatic rings. The number of aliphatic hydroxyl groups excluding tert-OH is 1. The van der Waals surface area contributed by atoms with Crippen LogP contribution in [0.4, 0.5) is 0 Å². The normalized spacial score (nSPS) is 20.6. The first kappa shape index (κ1) is 15.7. The standard InChI is InChI=1S/C17H18N6O2/c1-17(2,8-24)21-16(25)14-12-4-9-3-11(9)15(12)23(22-14)13-7-19-6-10(5-18)20-13/h6-7,9,11,24H,3-4,8H2,1-2H3,(H,21,25)/t9-,11-/m1/s1. The summed E-state index contributed by atoms with van der Waals surface area (Å²) in [6.45, 7) is 3.34. The van der Waals surface area contributed by atoms with Crippen LogP contribution >= 0.6 is 0 Å². The Labute approximate surface area is 144 Å². The highest BCUT2D eigenvalue weighted by Crippen LogP contribution is 2.57. The summed E-state index contributed by atoms with van der Waals surface area (Å²) < 4.78 is 1.65. The van der Waals surface area contributed by atoms with Crippen LogP contribution in [0.2, 0.25) is 0 Å². The predicted octanol–water partition coefficient (Wildman–Crippen LogP) is 0.694. The van der Waals surface area contributed by atoms with Gasteiger partial charge < -0.3 is 10.4 Å². The van der Waals surface area contributed by atoms with Gasteiger partial charge in [0.25, 0.3) is 5.91 Å². The molecule has 128 valence electrons. The lowest BCUT2D eigenvalue weighted by molar-refractivity contribution is 0.0863. The fraction of sp³-hybridized carbons (Fsp3) is 0.471. The highest BCUT2D eigenvalue weighted by atomic mass is 16.3. The average Bonchev–Trinajstić information content (AvgIpc) is 3.10. The first-order valence-electron chi connectivity index (χ1n) is 8.21. The minimum absolute atomic E-state index is 0.164. The molecule has 8 nitrogen and oxygen atoms in total. The number of rotatable bonds is 4. The van der Waals surface area contributed by atoms with Gasteiger partial charge in [-0.2, -0.15) is 10.4 Å². The van der Waals surface area contributed by atoms with E-state index in [9.17, 15) is 9.90 Å². The Balaban J connectivity index is 1.77. The third kappa shape index (κ3) is 2.57. The van der Waals surface area contributed by atoms with Crippen LogP contribution in [0.5, 0.6) is 0 Å². The van der Waals surface area contributed by atoms with Crippen LogP contribution in [-0.4, -0.2) is 42.9 Å². The van der Waals surface area contributed by atoms with Crippen LogP contribution in [0.25, 0.3) is 5.82 Å². The number of nitrogens with zero attached hydrogens (tertiary/aromatic N) is 5. The van der Waals surface area contributed by atoms with Crippen LogP contribution in [0.3, 0.4) is 0 Å². The summed E-state index contributed by atoms with van der Waals surface area (Å²) in [5.74, 6) is 1.09. The van der Waals surface area contributed by atoms with Crippen LogP contribution in [-0.2, 0) is 6.42 Å². The number of aromatic nitrogens is 4. The SMILES string of the molecule is CC(C)(CO)NC(=O)c1nn(-c2cncc(C#N)n2)c2c1C[C@H]1C[C@@H]21. The van der Waals surface area contributed by atoms with Crippen molar-refractivity contribution in [3.8, 4) is 11.9 Å². The first-order chi connectivity index (χ1) is 11.9. The van der Waals surface area contributed by atoms with E-state index >= 15 is 0 Å². The predicted molar refractivity (Wildman–Crippen MR) is 87.1 cm³/mol. The zero-order valence-electron chi connectivity index (χ0n) is 14.0. The number of nitriles is 1. The van der Waals surface area contributed by atoms with Gasteiger partial charge in [-0.15, -0.1) is 0 Å². The number of nitrogens with one attached hydrogen (secondary N) is 1. The molecule has 0 aromatic carbocycles. The molecule has 2 heterocycles. The Hall–Kier alpha value is -2.79. The molecule has 25 heavy (non-hydrogen) atoms. The molecule has 1 amide bonds. The van der Waals surface area contributed by atoms with Gasteiger partial charge >= 0.3 is 0 Å². The van der Waals surface area contributed by atoms with Gasteiger partial charge in [-0.1, -0.05) is 0 Å². The molecular formula is C17H18N6O2. The number of hydrogen-bond donors (Lipinski definition) is 2. The van der Waals surface area contributed by atoms with Crippen molar-refractivity contribution in [2.24, 2.45) is 5.92 Å². The Morgan fingerprint density at radius 2 is 2.32 bits per heavy atom. The molecular weight excluding hydrogens is 320 g/mol. The number of amides is 1. The Kier molecular flexibility index (Phi) is 3.37. The van der Waals surface area contributed by atoms with Gasteiger partial charge in [-0.25, -0.2) is 9.67 Å². The molecule has 2 N–H and O–H groups in total. The average molecular weight is 338 g/mol. The lowest BCUT2D eigenvalue weighted by Gasteiger charge is -2.23. The van der Waals surface area contributed by atoms with Crippen LogP contribution in [0.1, 0.15) is 53.6 Å². The molecule has 2 atom stereocenters. The minimum atomic E-state index is -0.726. The molecule has 0 saturated heterocycles. The monoisotopic (exact) mass is 338 g/mol. The molecule has 2 aromatic heterocycles. The maximum atomic E-state index is 12.7. The Bertz CT molecular complexity index is 910. The summed E-state index contributed by atoms with van der Waals surface area (Å²) in [4.78, 5) is 21.0. The lowest BCUT2D eigenvalue weighted by Crippen LogP contribution is -2.46. The van der Waals surface area contributed by atoms with E-state index in [2.05, 4.69) is 20.4 Å². The molecule has 0 bridgehead atoms. The summed E-state index contributed by atoms with van der Waals surface area (Å²) in [6.07, 6.45) is 4.86. The largest absolute Gasteiger partial charge is 0.394 e. The van der Waals surface area contributed by atoms with Crippen LogP contribution < -0.4 is 5.32 Å². The maximum absolute atomic E-state index is 12.7. The van der Waals surface area contributed by atoms with Crippen molar-refractivity contribution in [2.75, 3.05) is 6.61 Å². The molecule has 2 aliphatic carbocycles. The van der Waals surface area contributed by atoms with Crippen molar-refractivity contribution in [1.29, 1.82) is 5.26 Å². The zero-order chi connectivity index (χ0) is 17.8. The van der Waals surface area contributed by atoms with Gasteiger partial charge in [0.05, 0.1) is 30.2 Å². The van der Waals surface area contributed by atoms with E-state index in [0.29, 0.717) is 23.3 Å². The molecule has 0 unspecified atom stereocenters. The summed E-state index contributed by atoms with van der Waals surface area (Å²) in [7, 11) is 0. The summed E-state index contributed by atoms with van der Waals surface area (Å²) >= 11 is 0. The second kappa shape index (κ2) is 5.36. The molecule has 2 aromatic rings. The van der Waals surface area contributed by atoms with E-state index in [1.54, 1.807) is 24.7 Å². The van der Waals surface area contributed by atoms with Gasteiger partial charge in [0.1, 0.15) is 6.07 Å². The van der Waals surface area contributed by atoms with E-state index < -0.39 is 5.54 Å². The number of aliphatic hydroxyl groups is 1. The molecule has 1 fully saturated rings. The van der Waals surface area contributed by atoms with E-state index in [4.69, 9.17) is 5.26 Å². The van der Waals surface area contributed by atoms with Crippen molar-refractivity contribution in [3.63, 3.8) is 0 Å². The topological polar surface area (TPSA) is 117 Å². The fourth-order valence-corrected chi connectivity index (χ4v) is 3.39. The Morgan fingerprint density at radius 1 is 1.52 bits per heavy atom. The van der Waals surface area contributed by atoms with E-state index in [1.807, 2.05) is 6.07 Å². The second-order valence-electron chi connectivity index (χ2n) is 7.30. The smallest absolute Gasteiger partial charge is 0.272 e. The summed E-state index contributed by atoms with van der Waals surface area (Å²) in [6, 6.07) is 1.97. The third-order valence-electron chi connectivity index (χ3n) is 4.78. The third-order valence-corrected chi connectivity index (χ3v) is 4.78. The van der Waals surface area contributed by atoms with Crippen LogP contribution in [0.15, 0.2) is 12.4 Å². The molecule has 8 heteroatoms. The summed E-state index contributed by atoms with van der Waals surface area (Å²) in [5, 5.41) is 25.7. The fourth-order valence-electron chi connectivity index (χ4n) is 3.39. The lowest BCUT2D eigenvalue weighted by atomic mass is 10.1. The van der Waals surface area contributed by atoms with E-state index in [-0.39, 0.29) is 18.2 Å². The minimum Gasteiger partial charge on any atom is -0.394 e. The molecule has 1 saturated carbocycles. The highest BCUT2D eigenvalue weighted by Gasteiger charge is 2.50. The van der Waals surface area contributed by atoms with Crippen molar-refractivity contribution >= 4 is 5.91 Å². The van der Waals surface area contributed by atoms with Gasteiger partial charge in [0, 0.05) is 11.5 Å². The number of hydrogen-bond acceptors (Lipinski definition) is 6. The van der Waals surface area contributed by atoms with E-state index in [1.165, 1.54) is 6.20 Å².